The van der Waals surface area contributed by atoms with Gasteiger partial charge in [0.1, 0.15) is 0 Å². The van der Waals surface area contributed by atoms with Crippen LogP contribution in [-0.2, 0) is 11.2 Å². The summed E-state index contributed by atoms with van der Waals surface area (Å²) in [5.41, 5.74) is 7.67. The Morgan fingerprint density at radius 1 is 1.32 bits per heavy atom. The molecule has 104 valence electrons. The number of carbonyl (C=O) groups is 1. The Kier molecular flexibility index (Phi) is 4.56. The van der Waals surface area contributed by atoms with Crippen molar-refractivity contribution in [2.24, 2.45) is 11.1 Å². The summed E-state index contributed by atoms with van der Waals surface area (Å²) in [6.45, 7) is 0.737. The van der Waals surface area contributed by atoms with E-state index in [4.69, 9.17) is 10.8 Å². The molecule has 0 aromatic heterocycles. The van der Waals surface area contributed by atoms with Gasteiger partial charge < -0.3 is 16.2 Å². The van der Waals surface area contributed by atoms with Crippen LogP contribution in [0.15, 0.2) is 24.3 Å². The van der Waals surface area contributed by atoms with Gasteiger partial charge in [-0.25, -0.2) is 0 Å². The molecule has 0 atom stereocenters. The minimum Gasteiger partial charge on any atom is -0.396 e. The molecule has 4 heteroatoms. The Bertz CT molecular complexity index is 419. The first-order valence-corrected chi connectivity index (χ1v) is 6.87. The number of anilines is 1. The lowest BCUT2D eigenvalue weighted by atomic mass is 9.66. The summed E-state index contributed by atoms with van der Waals surface area (Å²) in [4.78, 5) is 12.0. The normalized spacial score (nSPS) is 16.7. The highest BCUT2D eigenvalue weighted by molar-refractivity contribution is 5.91. The first kappa shape index (κ1) is 14.0. The fourth-order valence-corrected chi connectivity index (χ4v) is 2.56. The number of hydrogen-bond acceptors (Lipinski definition) is 3. The SMILES string of the molecule is NCC1(CC(=O)Nc2ccc(CCO)cc2)CCC1. The Balaban J connectivity index is 1.88. The van der Waals surface area contributed by atoms with Crippen LogP contribution in [0.1, 0.15) is 31.2 Å². The van der Waals surface area contributed by atoms with Gasteiger partial charge in [-0.05, 0) is 48.9 Å². The summed E-state index contributed by atoms with van der Waals surface area (Å²) < 4.78 is 0. The summed E-state index contributed by atoms with van der Waals surface area (Å²) in [5, 5.41) is 11.8. The lowest BCUT2D eigenvalue weighted by Crippen LogP contribution is -2.40. The van der Waals surface area contributed by atoms with Crippen LogP contribution in [0.5, 0.6) is 0 Å². The number of nitrogens with two attached hydrogens (primary N) is 1. The van der Waals surface area contributed by atoms with Crippen molar-refractivity contribution in [1.82, 2.24) is 0 Å². The maximum Gasteiger partial charge on any atom is 0.224 e. The molecule has 0 radical (unpaired) electrons. The lowest BCUT2D eigenvalue weighted by molar-refractivity contribution is -0.119. The Morgan fingerprint density at radius 2 is 2.00 bits per heavy atom. The third-order valence-corrected chi connectivity index (χ3v) is 4.02. The molecule has 1 aliphatic rings. The van der Waals surface area contributed by atoms with Gasteiger partial charge in [0.15, 0.2) is 0 Å². The quantitative estimate of drug-likeness (QED) is 0.730. The summed E-state index contributed by atoms with van der Waals surface area (Å²) >= 11 is 0. The molecule has 1 aliphatic carbocycles. The van der Waals surface area contributed by atoms with Gasteiger partial charge in [-0.2, -0.15) is 0 Å². The van der Waals surface area contributed by atoms with Crippen molar-refractivity contribution in [2.75, 3.05) is 18.5 Å². The molecule has 0 saturated heterocycles. The summed E-state index contributed by atoms with van der Waals surface area (Å²) in [5.74, 6) is 0.0417. The Labute approximate surface area is 114 Å². The number of rotatable bonds is 6. The average molecular weight is 262 g/mol. The molecule has 1 aromatic carbocycles. The van der Waals surface area contributed by atoms with Crippen LogP contribution in [0.2, 0.25) is 0 Å². The van der Waals surface area contributed by atoms with Crippen molar-refractivity contribution in [3.63, 3.8) is 0 Å². The smallest absolute Gasteiger partial charge is 0.224 e. The zero-order valence-corrected chi connectivity index (χ0v) is 11.2. The minimum atomic E-state index is 0.0417. The van der Waals surface area contributed by atoms with Gasteiger partial charge in [0, 0.05) is 18.7 Å². The second-order valence-corrected chi connectivity index (χ2v) is 5.45. The monoisotopic (exact) mass is 262 g/mol. The second kappa shape index (κ2) is 6.17. The topological polar surface area (TPSA) is 75.4 Å². The van der Waals surface area contributed by atoms with E-state index in [1.807, 2.05) is 24.3 Å². The number of benzene rings is 1. The highest BCUT2D eigenvalue weighted by Crippen LogP contribution is 2.43. The zero-order valence-electron chi connectivity index (χ0n) is 11.2. The van der Waals surface area contributed by atoms with Crippen LogP contribution in [0.3, 0.4) is 0 Å². The average Bonchev–Trinajstić information content (AvgIpc) is 2.37. The van der Waals surface area contributed by atoms with E-state index in [0.29, 0.717) is 19.4 Å². The van der Waals surface area contributed by atoms with Crippen molar-refractivity contribution >= 4 is 11.6 Å². The highest BCUT2D eigenvalue weighted by Gasteiger charge is 2.37. The number of hydrogen-bond donors (Lipinski definition) is 3. The third kappa shape index (κ3) is 3.55. The Morgan fingerprint density at radius 3 is 2.47 bits per heavy atom. The van der Waals surface area contributed by atoms with Gasteiger partial charge in [0.25, 0.3) is 0 Å². The molecule has 0 heterocycles. The van der Waals surface area contributed by atoms with Crippen molar-refractivity contribution in [3.05, 3.63) is 29.8 Å². The number of aliphatic hydroxyl groups excluding tert-OH is 1. The molecule has 0 aliphatic heterocycles. The molecule has 1 amide bonds. The standard InChI is InChI=1S/C15H22N2O2/c16-11-15(7-1-8-15)10-14(19)17-13-4-2-12(3-5-13)6-9-18/h2-5,18H,1,6-11,16H2,(H,17,19). The number of carbonyl (C=O) groups excluding carboxylic acids is 1. The molecular formula is C15H22N2O2. The van der Waals surface area contributed by atoms with Crippen molar-refractivity contribution < 1.29 is 9.90 Å². The summed E-state index contributed by atoms with van der Waals surface area (Å²) in [6, 6.07) is 7.60. The van der Waals surface area contributed by atoms with E-state index in [1.54, 1.807) is 0 Å². The molecule has 4 N–H and O–H groups in total. The molecule has 0 spiro atoms. The van der Waals surface area contributed by atoms with Gasteiger partial charge in [-0.15, -0.1) is 0 Å². The van der Waals surface area contributed by atoms with E-state index in [0.717, 1.165) is 24.1 Å². The van der Waals surface area contributed by atoms with Crippen LogP contribution in [0, 0.1) is 5.41 Å². The number of nitrogens with one attached hydrogen (secondary N) is 1. The van der Waals surface area contributed by atoms with Crippen LogP contribution in [0.4, 0.5) is 5.69 Å². The molecule has 19 heavy (non-hydrogen) atoms. The summed E-state index contributed by atoms with van der Waals surface area (Å²) in [7, 11) is 0. The van der Waals surface area contributed by atoms with Gasteiger partial charge in [0.2, 0.25) is 5.91 Å². The largest absolute Gasteiger partial charge is 0.396 e. The van der Waals surface area contributed by atoms with Crippen molar-refractivity contribution in [3.8, 4) is 0 Å². The molecule has 4 nitrogen and oxygen atoms in total. The van der Waals surface area contributed by atoms with E-state index in [1.165, 1.54) is 6.42 Å². The van der Waals surface area contributed by atoms with Crippen LogP contribution >= 0.6 is 0 Å². The number of amides is 1. The van der Waals surface area contributed by atoms with Crippen molar-refractivity contribution in [1.29, 1.82) is 0 Å². The molecule has 0 unspecified atom stereocenters. The van der Waals surface area contributed by atoms with Gasteiger partial charge in [-0.1, -0.05) is 18.6 Å². The van der Waals surface area contributed by atoms with Gasteiger partial charge in [0.05, 0.1) is 0 Å². The fourth-order valence-electron chi connectivity index (χ4n) is 2.56. The first-order chi connectivity index (χ1) is 9.17. The fraction of sp³-hybridized carbons (Fsp3) is 0.533. The predicted octanol–water partition coefficient (Wildman–Crippen LogP) is 1.68. The minimum absolute atomic E-state index is 0.0417. The molecule has 0 bridgehead atoms. The van der Waals surface area contributed by atoms with Crippen LogP contribution < -0.4 is 11.1 Å². The van der Waals surface area contributed by atoms with Gasteiger partial charge in [-0.3, -0.25) is 4.79 Å². The van der Waals surface area contributed by atoms with E-state index in [-0.39, 0.29) is 17.9 Å². The first-order valence-electron chi connectivity index (χ1n) is 6.87. The lowest BCUT2D eigenvalue weighted by Gasteiger charge is -2.40. The third-order valence-electron chi connectivity index (χ3n) is 4.02. The van der Waals surface area contributed by atoms with E-state index in [9.17, 15) is 4.79 Å². The molecule has 2 rings (SSSR count). The molecule has 1 aromatic rings. The highest BCUT2D eigenvalue weighted by atomic mass is 16.2. The molecular weight excluding hydrogens is 240 g/mol. The maximum absolute atomic E-state index is 12.0. The second-order valence-electron chi connectivity index (χ2n) is 5.45. The van der Waals surface area contributed by atoms with Crippen molar-refractivity contribution in [2.45, 2.75) is 32.1 Å². The predicted molar refractivity (Wildman–Crippen MR) is 75.8 cm³/mol. The zero-order chi connectivity index (χ0) is 13.7. The van der Waals surface area contributed by atoms with E-state index in [2.05, 4.69) is 5.32 Å². The van der Waals surface area contributed by atoms with E-state index < -0.39 is 0 Å². The Hall–Kier alpha value is -1.39. The van der Waals surface area contributed by atoms with E-state index >= 15 is 0 Å². The molecule has 1 fully saturated rings. The summed E-state index contributed by atoms with van der Waals surface area (Å²) in [6.07, 6.45) is 4.46. The molecule has 1 saturated carbocycles. The van der Waals surface area contributed by atoms with Crippen LogP contribution in [-0.4, -0.2) is 24.2 Å². The van der Waals surface area contributed by atoms with Crippen LogP contribution in [0.25, 0.3) is 0 Å². The van der Waals surface area contributed by atoms with Gasteiger partial charge >= 0.3 is 0 Å². The number of aliphatic hydroxyl groups is 1. The maximum atomic E-state index is 12.0.